The molecule has 0 aliphatic rings. The first-order chi connectivity index (χ1) is 8.90. The van der Waals surface area contributed by atoms with Gasteiger partial charge in [0, 0.05) is 18.8 Å². The molecule has 8 heteroatoms. The number of rotatable bonds is 7. The highest BCUT2D eigenvalue weighted by Gasteiger charge is 2.15. The minimum Gasteiger partial charge on any atom is -0.494 e. The van der Waals surface area contributed by atoms with Gasteiger partial charge in [0.2, 0.25) is 0 Å². The number of carboxylic acid groups (broad SMARTS) is 1. The second kappa shape index (κ2) is 7.08. The monoisotopic (exact) mass is 271 g/mol. The van der Waals surface area contributed by atoms with Gasteiger partial charge in [-0.2, -0.15) is 0 Å². The van der Waals surface area contributed by atoms with Crippen LogP contribution in [0.3, 0.4) is 0 Å². The van der Waals surface area contributed by atoms with E-state index in [2.05, 4.69) is 0 Å². The number of hydrogen-bond donors (Lipinski definition) is 4. The molecule has 0 heterocycles. The van der Waals surface area contributed by atoms with Gasteiger partial charge in [-0.15, -0.1) is 0 Å². The fourth-order valence-electron chi connectivity index (χ4n) is 1.39. The predicted molar refractivity (Wildman–Crippen MR) is 66.2 cm³/mol. The quantitative estimate of drug-likeness (QED) is 0.503. The van der Waals surface area contributed by atoms with Gasteiger partial charge < -0.3 is 25.6 Å². The van der Waals surface area contributed by atoms with Gasteiger partial charge in [-0.25, -0.2) is 4.39 Å². The second-order valence-electron chi connectivity index (χ2n) is 4.02. The van der Waals surface area contributed by atoms with Crippen LogP contribution in [0.2, 0.25) is 6.32 Å². The van der Waals surface area contributed by atoms with Crippen molar-refractivity contribution in [1.29, 1.82) is 0 Å². The molecule has 1 atom stereocenters. The third-order valence-corrected chi connectivity index (χ3v) is 2.43. The van der Waals surface area contributed by atoms with Crippen LogP contribution in [0, 0.1) is 5.82 Å². The molecule has 6 nitrogen and oxygen atoms in total. The maximum absolute atomic E-state index is 13.6. The van der Waals surface area contributed by atoms with Crippen LogP contribution >= 0.6 is 0 Å². The average molecular weight is 271 g/mol. The zero-order chi connectivity index (χ0) is 14.4. The number of carboxylic acids is 1. The zero-order valence-corrected chi connectivity index (χ0v) is 10.1. The van der Waals surface area contributed by atoms with Gasteiger partial charge in [0.1, 0.15) is 17.6 Å². The first-order valence-electron chi connectivity index (χ1n) is 5.66. The van der Waals surface area contributed by atoms with Gasteiger partial charge in [0.25, 0.3) is 0 Å². The van der Waals surface area contributed by atoms with Crippen molar-refractivity contribution in [3.05, 3.63) is 29.6 Å². The summed E-state index contributed by atoms with van der Waals surface area (Å²) in [5, 5.41) is 25.9. The SMILES string of the molecule is N[C@H](Cc1ccc(OCCB(O)O)cc1F)C(=O)O. The lowest BCUT2D eigenvalue weighted by molar-refractivity contribution is -0.138. The van der Waals surface area contributed by atoms with Crippen LogP contribution in [0.5, 0.6) is 5.75 Å². The molecule has 0 radical (unpaired) electrons. The van der Waals surface area contributed by atoms with Crippen LogP contribution in [0.1, 0.15) is 5.56 Å². The van der Waals surface area contributed by atoms with E-state index in [4.69, 9.17) is 25.6 Å². The summed E-state index contributed by atoms with van der Waals surface area (Å²) >= 11 is 0. The number of aliphatic carboxylic acids is 1. The summed E-state index contributed by atoms with van der Waals surface area (Å²) in [7, 11) is -1.47. The summed E-state index contributed by atoms with van der Waals surface area (Å²) in [6.07, 6.45) is -0.107. The maximum Gasteiger partial charge on any atom is 0.454 e. The molecule has 1 rings (SSSR count). The molecule has 0 aliphatic heterocycles. The number of ether oxygens (including phenoxy) is 1. The van der Waals surface area contributed by atoms with Gasteiger partial charge in [-0.05, 0) is 11.6 Å². The molecular weight excluding hydrogens is 256 g/mol. The molecule has 0 saturated heterocycles. The predicted octanol–water partition coefficient (Wildman–Crippen LogP) is -0.368. The summed E-state index contributed by atoms with van der Waals surface area (Å²) < 4.78 is 18.7. The third kappa shape index (κ3) is 5.25. The van der Waals surface area contributed by atoms with Crippen LogP contribution < -0.4 is 10.5 Å². The normalized spacial score (nSPS) is 12.0. The average Bonchev–Trinajstić information content (AvgIpc) is 2.31. The fourth-order valence-corrected chi connectivity index (χ4v) is 1.39. The van der Waals surface area contributed by atoms with E-state index in [0.717, 1.165) is 6.07 Å². The first-order valence-corrected chi connectivity index (χ1v) is 5.66. The minimum atomic E-state index is -1.47. The van der Waals surface area contributed by atoms with Crippen molar-refractivity contribution in [3.63, 3.8) is 0 Å². The largest absolute Gasteiger partial charge is 0.494 e. The maximum atomic E-state index is 13.6. The van der Waals surface area contributed by atoms with Gasteiger partial charge in [-0.1, -0.05) is 6.07 Å². The number of nitrogens with two attached hydrogens (primary N) is 1. The molecular formula is C11H15BFNO5. The number of carbonyl (C=O) groups is 1. The summed E-state index contributed by atoms with van der Waals surface area (Å²) in [6.45, 7) is 0.0328. The zero-order valence-electron chi connectivity index (χ0n) is 10.1. The van der Waals surface area contributed by atoms with Crippen LogP contribution in [-0.4, -0.2) is 40.9 Å². The number of halogens is 1. The molecule has 0 bridgehead atoms. The van der Waals surface area contributed by atoms with E-state index >= 15 is 0 Å². The van der Waals surface area contributed by atoms with Crippen molar-refractivity contribution >= 4 is 13.1 Å². The van der Waals surface area contributed by atoms with Crippen molar-refractivity contribution in [3.8, 4) is 5.75 Å². The summed E-state index contributed by atoms with van der Waals surface area (Å²) in [4.78, 5) is 10.6. The molecule has 5 N–H and O–H groups in total. The topological polar surface area (TPSA) is 113 Å². The van der Waals surface area contributed by atoms with Crippen molar-refractivity contribution in [2.24, 2.45) is 5.73 Å². The van der Waals surface area contributed by atoms with Gasteiger partial charge in [0.15, 0.2) is 0 Å². The highest BCUT2D eigenvalue weighted by atomic mass is 19.1. The molecule has 0 aliphatic carbocycles. The molecule has 0 aromatic heterocycles. The molecule has 19 heavy (non-hydrogen) atoms. The molecule has 0 spiro atoms. The summed E-state index contributed by atoms with van der Waals surface area (Å²) in [6, 6.07) is 2.80. The van der Waals surface area contributed by atoms with Crippen LogP contribution in [-0.2, 0) is 11.2 Å². The van der Waals surface area contributed by atoms with Crippen LogP contribution in [0.25, 0.3) is 0 Å². The van der Waals surface area contributed by atoms with E-state index in [1.54, 1.807) is 0 Å². The Morgan fingerprint density at radius 2 is 2.16 bits per heavy atom. The number of benzene rings is 1. The number of hydrogen-bond acceptors (Lipinski definition) is 5. The third-order valence-electron chi connectivity index (χ3n) is 2.43. The van der Waals surface area contributed by atoms with Crippen molar-refractivity contribution < 1.29 is 29.1 Å². The van der Waals surface area contributed by atoms with E-state index in [1.165, 1.54) is 12.1 Å². The molecule has 0 amide bonds. The van der Waals surface area contributed by atoms with Gasteiger partial charge in [0.05, 0.1) is 6.61 Å². The standard InChI is InChI=1S/C11H15BFNO5/c13-9-6-8(19-4-3-12(17)18)2-1-7(9)5-10(14)11(15)16/h1-2,6,10,17-18H,3-5,14H2,(H,15,16)/t10-/m1/s1. The summed E-state index contributed by atoms with van der Waals surface area (Å²) in [5.74, 6) is -1.58. The van der Waals surface area contributed by atoms with Crippen molar-refractivity contribution in [2.75, 3.05) is 6.61 Å². The molecule has 0 saturated carbocycles. The Morgan fingerprint density at radius 3 is 2.68 bits per heavy atom. The Bertz CT molecular complexity index is 443. The van der Waals surface area contributed by atoms with Crippen molar-refractivity contribution in [1.82, 2.24) is 0 Å². The van der Waals surface area contributed by atoms with Crippen LogP contribution in [0.15, 0.2) is 18.2 Å². The highest BCUT2D eigenvalue weighted by molar-refractivity contribution is 6.41. The van der Waals surface area contributed by atoms with E-state index in [9.17, 15) is 9.18 Å². The molecule has 104 valence electrons. The van der Waals surface area contributed by atoms with E-state index < -0.39 is 24.9 Å². The minimum absolute atomic E-state index is 0.00720. The lowest BCUT2D eigenvalue weighted by atomic mass is 9.87. The highest BCUT2D eigenvalue weighted by Crippen LogP contribution is 2.18. The Hall–Kier alpha value is -1.64. The second-order valence-corrected chi connectivity index (χ2v) is 4.02. The van der Waals surface area contributed by atoms with E-state index in [-0.39, 0.29) is 30.7 Å². The molecule has 1 aromatic carbocycles. The first kappa shape index (κ1) is 15.4. The smallest absolute Gasteiger partial charge is 0.454 e. The Morgan fingerprint density at radius 1 is 1.47 bits per heavy atom. The lowest BCUT2D eigenvalue weighted by Gasteiger charge is -2.10. The van der Waals surface area contributed by atoms with Crippen LogP contribution in [0.4, 0.5) is 4.39 Å². The van der Waals surface area contributed by atoms with E-state index in [1.807, 2.05) is 0 Å². The van der Waals surface area contributed by atoms with E-state index in [0.29, 0.717) is 0 Å². The lowest BCUT2D eigenvalue weighted by Crippen LogP contribution is -2.32. The Labute approximate surface area is 109 Å². The molecule has 0 fully saturated rings. The Kier molecular flexibility index (Phi) is 5.74. The Balaban J connectivity index is 2.61. The summed E-state index contributed by atoms with van der Waals surface area (Å²) in [5.41, 5.74) is 5.50. The van der Waals surface area contributed by atoms with Gasteiger partial charge >= 0.3 is 13.1 Å². The molecule has 1 aromatic rings. The molecule has 0 unspecified atom stereocenters. The van der Waals surface area contributed by atoms with Gasteiger partial charge in [-0.3, -0.25) is 4.79 Å². The fraction of sp³-hybridized carbons (Fsp3) is 0.364. The van der Waals surface area contributed by atoms with Crippen molar-refractivity contribution in [2.45, 2.75) is 18.8 Å².